The molecule has 0 saturated heterocycles. The Labute approximate surface area is 366 Å². The third-order valence-electron chi connectivity index (χ3n) is 12.9. The highest BCUT2D eigenvalue weighted by atomic mass is 15.0. The monoisotopic (exact) mass is 810 g/mol. The first-order valence-corrected chi connectivity index (χ1v) is 22.5. The van der Waals surface area contributed by atoms with E-state index in [2.05, 4.69) is 199 Å². The molecular formula is C58H58N4. The van der Waals surface area contributed by atoms with Gasteiger partial charge in [0.05, 0.1) is 33.8 Å². The van der Waals surface area contributed by atoms with E-state index in [1.165, 1.54) is 99.2 Å². The summed E-state index contributed by atoms with van der Waals surface area (Å²) in [7, 11) is 0. The second-order valence-electron chi connectivity index (χ2n) is 20.4. The van der Waals surface area contributed by atoms with Gasteiger partial charge in [-0.05, 0) is 133 Å². The van der Waals surface area contributed by atoms with Crippen LogP contribution < -0.4 is 0 Å². The molecule has 4 heterocycles. The van der Waals surface area contributed by atoms with E-state index >= 15 is 0 Å². The molecular weight excluding hydrogens is 753 g/mol. The number of aromatic nitrogens is 4. The molecule has 0 unspecified atom stereocenters. The van der Waals surface area contributed by atoms with Gasteiger partial charge in [-0.3, -0.25) is 8.80 Å². The Balaban J connectivity index is 1.24. The molecule has 0 bridgehead atoms. The molecule has 0 amide bonds. The molecule has 6 aromatic carbocycles. The maximum Gasteiger partial charge on any atom is 0.145 e. The minimum Gasteiger partial charge on any atom is -0.291 e. The van der Waals surface area contributed by atoms with Gasteiger partial charge in [-0.1, -0.05) is 139 Å². The van der Waals surface area contributed by atoms with E-state index < -0.39 is 0 Å². The molecule has 4 aromatic heterocycles. The van der Waals surface area contributed by atoms with Crippen molar-refractivity contribution in [1.82, 2.24) is 18.8 Å². The Morgan fingerprint density at radius 2 is 0.758 bits per heavy atom. The normalized spacial score (nSPS) is 12.6. The van der Waals surface area contributed by atoms with Crippen molar-refractivity contribution in [2.24, 2.45) is 10.8 Å². The average molecular weight is 811 g/mol. The van der Waals surface area contributed by atoms with Crippen molar-refractivity contribution >= 4 is 54.6 Å². The predicted molar refractivity (Wildman–Crippen MR) is 264 cm³/mol. The van der Waals surface area contributed by atoms with Gasteiger partial charge in [-0.2, -0.15) is 0 Å². The molecule has 0 spiro atoms. The summed E-state index contributed by atoms with van der Waals surface area (Å²) in [6.07, 6.45) is 3.49. The fraction of sp³-hybridized carbons (Fsp3) is 0.276. The Kier molecular flexibility index (Phi) is 9.44. The molecule has 0 N–H and O–H groups in total. The molecule has 0 saturated carbocycles. The first kappa shape index (κ1) is 39.9. The van der Waals surface area contributed by atoms with E-state index in [0.717, 1.165) is 48.4 Å². The smallest absolute Gasteiger partial charge is 0.145 e. The molecule has 0 aliphatic heterocycles. The highest BCUT2D eigenvalue weighted by Crippen LogP contribution is 2.42. The highest BCUT2D eigenvalue weighted by Gasteiger charge is 2.26. The zero-order valence-electron chi connectivity index (χ0n) is 38.2. The van der Waals surface area contributed by atoms with Crippen molar-refractivity contribution in [2.75, 3.05) is 0 Å². The summed E-state index contributed by atoms with van der Waals surface area (Å²) in [4.78, 5) is 11.4. The maximum atomic E-state index is 5.70. The highest BCUT2D eigenvalue weighted by molar-refractivity contribution is 6.14. The number of hydrogen-bond donors (Lipinski definition) is 0. The SMILES string of the molecule is Cc1cccc(C)c1-c1c(CCc2nc3c4ccccc4c4cc(CC(C)(C)C)ccc4n3c2-c2c(C)cccc2C)nc2c3ccccc3c3cc(CC(C)(C)C)ccc3n12. The van der Waals surface area contributed by atoms with E-state index in [1.807, 2.05) is 0 Å². The molecule has 0 radical (unpaired) electrons. The molecule has 4 heteroatoms. The van der Waals surface area contributed by atoms with Crippen LogP contribution in [-0.4, -0.2) is 18.8 Å². The summed E-state index contributed by atoms with van der Waals surface area (Å²) in [6, 6.07) is 45.3. The number of nitrogens with zero attached hydrogens (tertiary/aromatic N) is 4. The fourth-order valence-corrected chi connectivity index (χ4v) is 10.5. The summed E-state index contributed by atoms with van der Waals surface area (Å²) in [5, 5.41) is 7.40. The standard InChI is InChI=1S/C58H58N4/c1-35-17-15-18-36(2)51(35)53-47(59-55-43-23-13-11-21-41(43)45-31-39(33-57(5,6)7)25-29-49(45)61(53)55)27-28-48-54(52-37(3)19-16-20-38(52)4)62-50-30-26-40(34-58(8,9)10)32-46(50)42-22-12-14-24-44(42)56(62)60-48/h11-26,29-32H,27-28,33-34H2,1-10H3. The lowest BCUT2D eigenvalue weighted by Gasteiger charge is -2.19. The third kappa shape index (κ3) is 6.76. The van der Waals surface area contributed by atoms with Gasteiger partial charge in [0.15, 0.2) is 0 Å². The van der Waals surface area contributed by atoms with E-state index in [1.54, 1.807) is 0 Å². The number of hydrogen-bond acceptors (Lipinski definition) is 2. The van der Waals surface area contributed by atoms with Crippen LogP contribution in [0.2, 0.25) is 0 Å². The number of aryl methyl sites for hydroxylation is 6. The van der Waals surface area contributed by atoms with Crippen LogP contribution in [0.25, 0.3) is 77.2 Å². The Bertz CT molecular complexity index is 3150. The van der Waals surface area contributed by atoms with Crippen molar-refractivity contribution < 1.29 is 0 Å². The second-order valence-corrected chi connectivity index (χ2v) is 20.4. The lowest BCUT2D eigenvalue weighted by atomic mass is 9.87. The lowest BCUT2D eigenvalue weighted by molar-refractivity contribution is 0.411. The van der Waals surface area contributed by atoms with Crippen LogP contribution >= 0.6 is 0 Å². The molecule has 10 rings (SSSR count). The maximum absolute atomic E-state index is 5.70. The first-order chi connectivity index (χ1) is 29.6. The minimum absolute atomic E-state index is 0.181. The van der Waals surface area contributed by atoms with Crippen LogP contribution in [0.1, 0.15) is 86.3 Å². The molecule has 310 valence electrons. The van der Waals surface area contributed by atoms with Crippen LogP contribution in [0.3, 0.4) is 0 Å². The summed E-state index contributed by atoms with van der Waals surface area (Å²) in [6.45, 7) is 22.9. The van der Waals surface area contributed by atoms with Gasteiger partial charge < -0.3 is 0 Å². The van der Waals surface area contributed by atoms with Gasteiger partial charge in [-0.15, -0.1) is 0 Å². The summed E-state index contributed by atoms with van der Waals surface area (Å²) < 4.78 is 4.96. The predicted octanol–water partition coefficient (Wildman–Crippen LogP) is 15.1. The largest absolute Gasteiger partial charge is 0.291 e. The zero-order valence-corrected chi connectivity index (χ0v) is 38.2. The van der Waals surface area contributed by atoms with Crippen LogP contribution in [-0.2, 0) is 25.7 Å². The number of pyridine rings is 2. The quantitative estimate of drug-likeness (QED) is 0.150. The van der Waals surface area contributed by atoms with E-state index in [0.29, 0.717) is 0 Å². The van der Waals surface area contributed by atoms with Gasteiger partial charge in [0, 0.05) is 32.7 Å². The Hall–Kier alpha value is -6.26. The summed E-state index contributed by atoms with van der Waals surface area (Å²) in [5.41, 5.74) is 19.6. The molecule has 10 aromatic rings. The van der Waals surface area contributed by atoms with Gasteiger partial charge in [-0.25, -0.2) is 9.97 Å². The topological polar surface area (TPSA) is 34.6 Å². The van der Waals surface area contributed by atoms with E-state index in [-0.39, 0.29) is 10.8 Å². The van der Waals surface area contributed by atoms with E-state index in [9.17, 15) is 0 Å². The molecule has 0 atom stereocenters. The van der Waals surface area contributed by atoms with Crippen LogP contribution in [0.5, 0.6) is 0 Å². The number of fused-ring (bicyclic) bond motifs is 12. The van der Waals surface area contributed by atoms with Gasteiger partial charge in [0.25, 0.3) is 0 Å². The molecule has 4 nitrogen and oxygen atoms in total. The zero-order chi connectivity index (χ0) is 43.2. The van der Waals surface area contributed by atoms with Crippen LogP contribution in [0.15, 0.2) is 121 Å². The van der Waals surface area contributed by atoms with Crippen molar-refractivity contribution in [2.45, 2.75) is 94.9 Å². The summed E-state index contributed by atoms with van der Waals surface area (Å²) >= 11 is 0. The molecule has 0 fully saturated rings. The first-order valence-electron chi connectivity index (χ1n) is 22.5. The van der Waals surface area contributed by atoms with Gasteiger partial charge in [0.2, 0.25) is 0 Å². The number of imidazole rings is 2. The number of rotatable bonds is 7. The molecule has 0 aliphatic carbocycles. The van der Waals surface area contributed by atoms with Crippen LogP contribution in [0.4, 0.5) is 0 Å². The van der Waals surface area contributed by atoms with Gasteiger partial charge >= 0.3 is 0 Å². The fourth-order valence-electron chi connectivity index (χ4n) is 10.5. The van der Waals surface area contributed by atoms with Gasteiger partial charge in [0.1, 0.15) is 11.3 Å². The minimum atomic E-state index is 0.181. The second kappa shape index (κ2) is 14.7. The lowest BCUT2D eigenvalue weighted by Crippen LogP contribution is -2.09. The average Bonchev–Trinajstić information content (AvgIpc) is 3.78. The van der Waals surface area contributed by atoms with Crippen molar-refractivity contribution in [3.8, 4) is 22.5 Å². The molecule has 0 aliphatic rings. The van der Waals surface area contributed by atoms with Crippen LogP contribution in [0, 0.1) is 38.5 Å². The Morgan fingerprint density at radius 1 is 0.403 bits per heavy atom. The number of benzene rings is 6. The van der Waals surface area contributed by atoms with Crippen molar-refractivity contribution in [3.63, 3.8) is 0 Å². The molecule has 62 heavy (non-hydrogen) atoms. The van der Waals surface area contributed by atoms with Crippen molar-refractivity contribution in [1.29, 1.82) is 0 Å². The van der Waals surface area contributed by atoms with E-state index in [4.69, 9.17) is 9.97 Å². The Morgan fingerprint density at radius 3 is 1.11 bits per heavy atom. The summed E-state index contributed by atoms with van der Waals surface area (Å²) in [5.74, 6) is 0. The third-order valence-corrected chi connectivity index (χ3v) is 12.9. The van der Waals surface area contributed by atoms with Crippen molar-refractivity contribution in [3.05, 3.63) is 166 Å².